The molecule has 0 aromatic rings. The Morgan fingerprint density at radius 1 is 1.21 bits per heavy atom. The second-order valence-corrected chi connectivity index (χ2v) is 5.28. The van der Waals surface area contributed by atoms with Crippen LogP contribution < -0.4 is 0 Å². The number of carbonyl (C=O) groups is 1. The molecule has 0 aromatic heterocycles. The Morgan fingerprint density at radius 3 is 2.36 bits per heavy atom. The minimum absolute atomic E-state index is 0.230. The molecule has 0 heterocycles. The summed E-state index contributed by atoms with van der Waals surface area (Å²) in [4.78, 5) is 10.7. The first-order chi connectivity index (χ1) is 6.70. The van der Waals surface area contributed by atoms with Crippen molar-refractivity contribution in [3.05, 3.63) is 0 Å². The van der Waals surface area contributed by atoms with Crippen LogP contribution >= 0.6 is 0 Å². The molecule has 2 nitrogen and oxygen atoms in total. The molecule has 0 amide bonds. The van der Waals surface area contributed by atoms with Crippen LogP contribution in [0.5, 0.6) is 0 Å². The van der Waals surface area contributed by atoms with Crippen LogP contribution in [0.15, 0.2) is 0 Å². The van der Waals surface area contributed by atoms with Crippen molar-refractivity contribution in [3.63, 3.8) is 0 Å². The third-order valence-electron chi connectivity index (χ3n) is 3.93. The van der Waals surface area contributed by atoms with Crippen molar-refractivity contribution >= 4 is 5.97 Å². The minimum Gasteiger partial charge on any atom is -0.481 e. The van der Waals surface area contributed by atoms with E-state index in [0.29, 0.717) is 6.42 Å². The second-order valence-electron chi connectivity index (χ2n) is 5.28. The van der Waals surface area contributed by atoms with Gasteiger partial charge in [-0.2, -0.15) is 0 Å². The Kier molecular flexibility index (Phi) is 2.80. The van der Waals surface area contributed by atoms with E-state index in [9.17, 15) is 4.79 Å². The molecule has 0 bridgehead atoms. The van der Waals surface area contributed by atoms with Crippen molar-refractivity contribution in [2.75, 3.05) is 0 Å². The summed E-state index contributed by atoms with van der Waals surface area (Å²) in [6.07, 6.45) is 10.8. The first-order valence-electron chi connectivity index (χ1n) is 5.92. The molecular formula is C12H20O2. The van der Waals surface area contributed by atoms with E-state index in [0.717, 1.165) is 18.8 Å². The molecule has 2 heteroatoms. The summed E-state index contributed by atoms with van der Waals surface area (Å²) in [5.41, 5.74) is 0.230. The van der Waals surface area contributed by atoms with Crippen LogP contribution in [0.25, 0.3) is 0 Å². The number of carboxylic acid groups (broad SMARTS) is 1. The maximum Gasteiger partial charge on any atom is 0.303 e. The molecule has 2 aliphatic rings. The predicted molar refractivity (Wildman–Crippen MR) is 55.1 cm³/mol. The third kappa shape index (κ3) is 2.49. The van der Waals surface area contributed by atoms with Crippen LogP contribution in [0.4, 0.5) is 0 Å². The third-order valence-corrected chi connectivity index (χ3v) is 3.93. The highest BCUT2D eigenvalue weighted by Crippen LogP contribution is 2.55. The molecule has 0 aromatic carbocycles. The van der Waals surface area contributed by atoms with Gasteiger partial charge in [0.15, 0.2) is 0 Å². The highest BCUT2D eigenvalue weighted by Gasteiger charge is 2.45. The normalized spacial score (nSPS) is 26.0. The van der Waals surface area contributed by atoms with Gasteiger partial charge in [-0.25, -0.2) is 0 Å². The Hall–Kier alpha value is -0.530. The van der Waals surface area contributed by atoms with E-state index in [1.54, 1.807) is 0 Å². The van der Waals surface area contributed by atoms with Crippen LogP contribution in [-0.2, 0) is 4.79 Å². The van der Waals surface area contributed by atoms with Gasteiger partial charge >= 0.3 is 5.97 Å². The van der Waals surface area contributed by atoms with Crippen LogP contribution in [-0.4, -0.2) is 11.1 Å². The summed E-state index contributed by atoms with van der Waals surface area (Å²) in [6.45, 7) is 0. The van der Waals surface area contributed by atoms with Crippen molar-refractivity contribution in [2.24, 2.45) is 11.3 Å². The number of carboxylic acids is 1. The number of aliphatic carboxylic acids is 1. The van der Waals surface area contributed by atoms with Gasteiger partial charge in [0.1, 0.15) is 0 Å². The van der Waals surface area contributed by atoms with Crippen molar-refractivity contribution < 1.29 is 9.90 Å². The predicted octanol–water partition coefficient (Wildman–Crippen LogP) is 3.21. The average molecular weight is 196 g/mol. The SMILES string of the molecule is O=C(O)CC1(CC2CCCCC2)CC1. The average Bonchev–Trinajstić information content (AvgIpc) is 2.85. The molecule has 2 aliphatic carbocycles. The van der Waals surface area contributed by atoms with Crippen molar-refractivity contribution in [2.45, 2.75) is 57.8 Å². The summed E-state index contributed by atoms with van der Waals surface area (Å²) < 4.78 is 0. The topological polar surface area (TPSA) is 37.3 Å². The van der Waals surface area contributed by atoms with Crippen molar-refractivity contribution in [1.29, 1.82) is 0 Å². The smallest absolute Gasteiger partial charge is 0.303 e. The van der Waals surface area contributed by atoms with Crippen molar-refractivity contribution in [3.8, 4) is 0 Å². The Labute approximate surface area is 85.7 Å². The highest BCUT2D eigenvalue weighted by molar-refractivity contribution is 5.68. The molecule has 0 atom stereocenters. The Balaban J connectivity index is 1.80. The van der Waals surface area contributed by atoms with Gasteiger partial charge in [0.05, 0.1) is 6.42 Å². The van der Waals surface area contributed by atoms with Gasteiger partial charge in [0, 0.05) is 0 Å². The first kappa shape index (κ1) is 10.0. The van der Waals surface area contributed by atoms with Gasteiger partial charge in [-0.15, -0.1) is 0 Å². The van der Waals surface area contributed by atoms with E-state index in [1.165, 1.54) is 38.5 Å². The van der Waals surface area contributed by atoms with E-state index in [4.69, 9.17) is 5.11 Å². The molecule has 0 saturated heterocycles. The summed E-state index contributed by atoms with van der Waals surface area (Å²) >= 11 is 0. The zero-order valence-electron chi connectivity index (χ0n) is 8.80. The van der Waals surface area contributed by atoms with Gasteiger partial charge in [-0.1, -0.05) is 32.1 Å². The molecule has 80 valence electrons. The molecule has 0 radical (unpaired) electrons. The Bertz CT molecular complexity index is 212. The number of hydrogen-bond acceptors (Lipinski definition) is 1. The lowest BCUT2D eigenvalue weighted by molar-refractivity contribution is -0.138. The highest BCUT2D eigenvalue weighted by atomic mass is 16.4. The van der Waals surface area contributed by atoms with E-state index < -0.39 is 5.97 Å². The van der Waals surface area contributed by atoms with E-state index in [1.807, 2.05) is 0 Å². The van der Waals surface area contributed by atoms with Crippen LogP contribution in [0.1, 0.15) is 57.8 Å². The lowest BCUT2D eigenvalue weighted by Crippen LogP contribution is -2.16. The number of hydrogen-bond donors (Lipinski definition) is 1. The fraction of sp³-hybridized carbons (Fsp3) is 0.917. The Morgan fingerprint density at radius 2 is 1.86 bits per heavy atom. The lowest BCUT2D eigenvalue weighted by Gasteiger charge is -2.25. The molecule has 0 aliphatic heterocycles. The van der Waals surface area contributed by atoms with E-state index in [2.05, 4.69) is 0 Å². The molecule has 2 rings (SSSR count). The second kappa shape index (κ2) is 3.92. The molecule has 1 N–H and O–H groups in total. The standard InChI is InChI=1S/C12H20O2/c13-11(14)9-12(6-7-12)8-10-4-2-1-3-5-10/h10H,1-9H2,(H,13,14). The zero-order chi connectivity index (χ0) is 10.0. The maximum absolute atomic E-state index is 10.7. The van der Waals surface area contributed by atoms with Gasteiger partial charge in [0.25, 0.3) is 0 Å². The molecule has 2 saturated carbocycles. The zero-order valence-corrected chi connectivity index (χ0v) is 8.80. The minimum atomic E-state index is -0.599. The van der Waals surface area contributed by atoms with Gasteiger partial charge in [-0.05, 0) is 30.6 Å². The molecule has 0 unspecified atom stereocenters. The monoisotopic (exact) mass is 196 g/mol. The first-order valence-corrected chi connectivity index (χ1v) is 5.92. The largest absolute Gasteiger partial charge is 0.481 e. The van der Waals surface area contributed by atoms with E-state index in [-0.39, 0.29) is 5.41 Å². The summed E-state index contributed by atoms with van der Waals surface area (Å²) in [7, 11) is 0. The molecular weight excluding hydrogens is 176 g/mol. The lowest BCUT2D eigenvalue weighted by atomic mass is 9.80. The molecule has 14 heavy (non-hydrogen) atoms. The summed E-state index contributed by atoms with van der Waals surface area (Å²) in [5, 5.41) is 8.82. The van der Waals surface area contributed by atoms with Crippen LogP contribution in [0.2, 0.25) is 0 Å². The van der Waals surface area contributed by atoms with E-state index >= 15 is 0 Å². The summed E-state index contributed by atoms with van der Waals surface area (Å²) in [5.74, 6) is 0.240. The summed E-state index contributed by atoms with van der Waals surface area (Å²) in [6, 6.07) is 0. The van der Waals surface area contributed by atoms with Crippen molar-refractivity contribution in [1.82, 2.24) is 0 Å². The molecule has 0 spiro atoms. The number of rotatable bonds is 4. The fourth-order valence-corrected chi connectivity index (χ4v) is 2.95. The van der Waals surface area contributed by atoms with Gasteiger partial charge < -0.3 is 5.11 Å². The van der Waals surface area contributed by atoms with Crippen LogP contribution in [0.3, 0.4) is 0 Å². The molecule has 2 fully saturated rings. The van der Waals surface area contributed by atoms with Crippen LogP contribution in [0, 0.1) is 11.3 Å². The fourth-order valence-electron chi connectivity index (χ4n) is 2.95. The quantitative estimate of drug-likeness (QED) is 0.749. The van der Waals surface area contributed by atoms with Gasteiger partial charge in [-0.3, -0.25) is 4.79 Å². The maximum atomic E-state index is 10.7. The van der Waals surface area contributed by atoms with Gasteiger partial charge in [0.2, 0.25) is 0 Å².